The van der Waals surface area contributed by atoms with Crippen molar-refractivity contribution in [3.05, 3.63) is 100 Å². The number of hydrogen-bond acceptors (Lipinski definition) is 6. The molecular weight excluding hydrogens is 498 g/mol. The molecule has 0 saturated carbocycles. The van der Waals surface area contributed by atoms with Gasteiger partial charge >= 0.3 is 0 Å². The Morgan fingerprint density at radius 2 is 1.74 bits per heavy atom. The van der Waals surface area contributed by atoms with Crippen molar-refractivity contribution in [3.63, 3.8) is 0 Å². The quantitative estimate of drug-likeness (QED) is 0.318. The maximum atomic E-state index is 13.6. The van der Waals surface area contributed by atoms with Crippen molar-refractivity contribution < 1.29 is 19.1 Å². The lowest BCUT2D eigenvalue weighted by molar-refractivity contribution is -0.117. The van der Waals surface area contributed by atoms with E-state index in [1.54, 1.807) is 26.4 Å². The fraction of sp³-hybridized carbons (Fsp3) is 0.233. The molecule has 1 fully saturated rings. The van der Waals surface area contributed by atoms with Crippen LogP contribution in [0.25, 0.3) is 0 Å². The van der Waals surface area contributed by atoms with Crippen molar-refractivity contribution in [2.75, 3.05) is 25.7 Å². The highest BCUT2D eigenvalue weighted by molar-refractivity contribution is 8.05. The molecule has 1 atom stereocenters. The van der Waals surface area contributed by atoms with Gasteiger partial charge in [0.1, 0.15) is 16.7 Å². The number of carbonyl (C=O) groups is 2. The molecule has 4 rings (SSSR count). The van der Waals surface area contributed by atoms with Gasteiger partial charge in [-0.1, -0.05) is 60.3 Å². The van der Waals surface area contributed by atoms with E-state index >= 15 is 0 Å². The summed E-state index contributed by atoms with van der Waals surface area (Å²) in [5.74, 6) is 0.572. The van der Waals surface area contributed by atoms with Crippen LogP contribution in [0.4, 0.5) is 5.69 Å². The van der Waals surface area contributed by atoms with E-state index in [0.717, 1.165) is 16.7 Å². The molecule has 1 saturated heterocycles. The van der Waals surface area contributed by atoms with Crippen LogP contribution in [-0.4, -0.2) is 37.8 Å². The molecule has 2 amide bonds. The number of rotatable bonds is 9. The average molecular weight is 528 g/mol. The highest BCUT2D eigenvalue weighted by Gasteiger charge is 2.40. The number of methoxy groups -OCH3 is 2. The van der Waals surface area contributed by atoms with Gasteiger partial charge < -0.3 is 14.8 Å². The number of para-hydroxylation sites is 1. The zero-order chi connectivity index (χ0) is 27.1. The smallest absolute Gasteiger partial charge is 0.264 e. The van der Waals surface area contributed by atoms with Crippen molar-refractivity contribution in [3.8, 4) is 17.6 Å². The van der Waals surface area contributed by atoms with Crippen LogP contribution in [-0.2, 0) is 22.4 Å². The number of ether oxygens (including phenoxy) is 2. The minimum atomic E-state index is -0.513. The van der Waals surface area contributed by atoms with Gasteiger partial charge in [-0.15, -0.1) is 0 Å². The van der Waals surface area contributed by atoms with E-state index < -0.39 is 11.2 Å². The molecule has 0 bridgehead atoms. The second kappa shape index (κ2) is 12.3. The number of aryl methyl sites for hydroxylation is 1. The number of amides is 2. The molecule has 0 spiro atoms. The topological polar surface area (TPSA) is 91.7 Å². The summed E-state index contributed by atoms with van der Waals surface area (Å²) < 4.78 is 10.6. The SMILES string of the molecule is COc1ccc(CCNC(=O)C(C#N)=C2SC(Cc3ccccc3C)C(=O)N2c2ccccc2)cc1OC. The Morgan fingerprint density at radius 1 is 1.03 bits per heavy atom. The standard InChI is InChI=1S/C30H29N3O4S/c1-20-9-7-8-10-22(20)18-27-29(35)33(23-11-5-4-6-12-23)30(38-27)24(19-31)28(34)32-16-15-21-13-14-25(36-2)26(17-21)37-3/h4-14,17,27H,15-16,18H2,1-3H3,(H,32,34). The Labute approximate surface area is 227 Å². The maximum absolute atomic E-state index is 13.6. The molecule has 0 radical (unpaired) electrons. The van der Waals surface area contributed by atoms with E-state index in [2.05, 4.69) is 11.4 Å². The van der Waals surface area contributed by atoms with Gasteiger partial charge in [0.15, 0.2) is 11.5 Å². The summed E-state index contributed by atoms with van der Waals surface area (Å²) in [5, 5.41) is 12.8. The number of benzene rings is 3. The lowest BCUT2D eigenvalue weighted by Gasteiger charge is -2.18. The first-order valence-corrected chi connectivity index (χ1v) is 13.1. The van der Waals surface area contributed by atoms with E-state index in [0.29, 0.717) is 41.6 Å². The van der Waals surface area contributed by atoms with Crippen molar-refractivity contribution >= 4 is 29.3 Å². The van der Waals surface area contributed by atoms with Gasteiger partial charge in [0.05, 0.1) is 19.5 Å². The first-order valence-electron chi connectivity index (χ1n) is 12.2. The van der Waals surface area contributed by atoms with Crippen LogP contribution in [0.3, 0.4) is 0 Å². The second-order valence-electron chi connectivity index (χ2n) is 8.73. The zero-order valence-electron chi connectivity index (χ0n) is 21.6. The molecule has 8 heteroatoms. The first-order chi connectivity index (χ1) is 18.5. The molecule has 1 aliphatic heterocycles. The number of thioether (sulfide) groups is 1. The molecule has 0 aromatic heterocycles. The molecule has 7 nitrogen and oxygen atoms in total. The number of hydrogen-bond donors (Lipinski definition) is 1. The van der Waals surface area contributed by atoms with E-state index in [1.807, 2.05) is 67.6 Å². The third kappa shape index (κ3) is 5.84. The lowest BCUT2D eigenvalue weighted by Crippen LogP contribution is -2.32. The highest BCUT2D eigenvalue weighted by atomic mass is 32.2. The molecule has 1 heterocycles. The number of anilines is 1. The van der Waals surface area contributed by atoms with Gasteiger partial charge in [-0.05, 0) is 60.7 Å². The summed E-state index contributed by atoms with van der Waals surface area (Å²) in [6.07, 6.45) is 1.03. The zero-order valence-corrected chi connectivity index (χ0v) is 22.4. The van der Waals surface area contributed by atoms with Crippen LogP contribution in [0.5, 0.6) is 11.5 Å². The minimum Gasteiger partial charge on any atom is -0.493 e. The van der Waals surface area contributed by atoms with Crippen LogP contribution in [0, 0.1) is 18.3 Å². The van der Waals surface area contributed by atoms with Crippen molar-refractivity contribution in [1.82, 2.24) is 5.32 Å². The van der Waals surface area contributed by atoms with E-state index in [1.165, 1.54) is 16.7 Å². The second-order valence-corrected chi connectivity index (χ2v) is 9.92. The van der Waals surface area contributed by atoms with Crippen LogP contribution >= 0.6 is 11.8 Å². The minimum absolute atomic E-state index is 0.0770. The van der Waals surface area contributed by atoms with Gasteiger partial charge in [-0.25, -0.2) is 0 Å². The van der Waals surface area contributed by atoms with Crippen LogP contribution in [0.1, 0.15) is 16.7 Å². The Morgan fingerprint density at radius 3 is 2.42 bits per heavy atom. The Bertz CT molecular complexity index is 1400. The molecule has 194 valence electrons. The molecule has 1 N–H and O–H groups in total. The van der Waals surface area contributed by atoms with Crippen LogP contribution in [0.15, 0.2) is 83.4 Å². The molecular formula is C30H29N3O4S. The third-order valence-corrected chi connectivity index (χ3v) is 7.60. The molecule has 0 aliphatic carbocycles. The van der Waals surface area contributed by atoms with E-state index in [9.17, 15) is 14.9 Å². The maximum Gasteiger partial charge on any atom is 0.264 e. The monoisotopic (exact) mass is 527 g/mol. The Balaban J connectivity index is 1.57. The largest absolute Gasteiger partial charge is 0.493 e. The van der Waals surface area contributed by atoms with E-state index in [4.69, 9.17) is 9.47 Å². The number of nitriles is 1. The van der Waals surface area contributed by atoms with Gasteiger partial charge in [0, 0.05) is 12.2 Å². The number of nitrogens with zero attached hydrogens (tertiary/aromatic N) is 2. The predicted molar refractivity (Wildman–Crippen MR) is 149 cm³/mol. The summed E-state index contributed by atoms with van der Waals surface area (Å²) in [5.41, 5.74) is 3.65. The molecule has 38 heavy (non-hydrogen) atoms. The fourth-order valence-electron chi connectivity index (χ4n) is 4.28. The summed E-state index contributed by atoms with van der Waals surface area (Å²) in [6, 6.07) is 24.7. The first kappa shape index (κ1) is 26.8. The number of carbonyl (C=O) groups excluding carboxylic acids is 2. The van der Waals surface area contributed by atoms with Crippen molar-refractivity contribution in [1.29, 1.82) is 5.26 Å². The van der Waals surface area contributed by atoms with Crippen molar-refractivity contribution in [2.45, 2.75) is 25.0 Å². The van der Waals surface area contributed by atoms with Gasteiger partial charge in [-0.2, -0.15) is 5.26 Å². The summed E-state index contributed by atoms with van der Waals surface area (Å²) in [4.78, 5) is 28.3. The van der Waals surface area contributed by atoms with Crippen LogP contribution in [0.2, 0.25) is 0 Å². The number of nitrogens with one attached hydrogen (secondary N) is 1. The van der Waals surface area contributed by atoms with Crippen LogP contribution < -0.4 is 19.7 Å². The molecule has 3 aromatic rings. The summed E-state index contributed by atoms with van der Waals surface area (Å²) >= 11 is 1.27. The average Bonchev–Trinajstić information content (AvgIpc) is 3.25. The Hall–Kier alpha value is -4.22. The van der Waals surface area contributed by atoms with Gasteiger partial charge in [0.25, 0.3) is 5.91 Å². The summed E-state index contributed by atoms with van der Waals surface area (Å²) in [6.45, 7) is 2.32. The van der Waals surface area contributed by atoms with E-state index in [-0.39, 0.29) is 11.5 Å². The predicted octanol–water partition coefficient (Wildman–Crippen LogP) is 4.80. The van der Waals surface area contributed by atoms with Gasteiger partial charge in [0.2, 0.25) is 5.91 Å². The molecule has 1 unspecified atom stereocenters. The summed E-state index contributed by atoms with van der Waals surface area (Å²) in [7, 11) is 3.14. The molecule has 1 aliphatic rings. The normalized spacial score (nSPS) is 16.1. The third-order valence-electron chi connectivity index (χ3n) is 6.33. The lowest BCUT2D eigenvalue weighted by atomic mass is 10.0. The highest BCUT2D eigenvalue weighted by Crippen LogP contribution is 2.42. The van der Waals surface area contributed by atoms with Crippen molar-refractivity contribution in [2.24, 2.45) is 0 Å². The Kier molecular flexibility index (Phi) is 8.72. The van der Waals surface area contributed by atoms with Gasteiger partial charge in [-0.3, -0.25) is 14.5 Å². The fourth-order valence-corrected chi connectivity index (χ4v) is 5.58. The molecule has 3 aromatic carbocycles.